The van der Waals surface area contributed by atoms with E-state index in [1.165, 1.54) is 0 Å². The molecule has 0 fully saturated rings. The molecule has 2 rings (SSSR count). The van der Waals surface area contributed by atoms with Crippen LogP contribution in [-0.2, 0) is 14.1 Å². The van der Waals surface area contributed by atoms with Crippen molar-refractivity contribution in [2.75, 3.05) is 5.73 Å². The first-order chi connectivity index (χ1) is 7.08. The van der Waals surface area contributed by atoms with E-state index >= 15 is 0 Å². The molecule has 15 heavy (non-hydrogen) atoms. The fourth-order valence-electron chi connectivity index (χ4n) is 1.23. The maximum Gasteiger partial charge on any atom is 0.342 e. The molecule has 80 valence electrons. The van der Waals surface area contributed by atoms with Crippen molar-refractivity contribution in [2.45, 2.75) is 6.92 Å². The van der Waals surface area contributed by atoms with E-state index in [-0.39, 0.29) is 6.01 Å². The molecule has 0 saturated carbocycles. The SMILES string of the molecule is Cc1nn(C)c(Oc2ncn(C)n2)c1N. The predicted octanol–water partition coefficient (Wildman–Crippen LogP) is 0.232. The average molecular weight is 208 g/mol. The summed E-state index contributed by atoms with van der Waals surface area (Å²) in [4.78, 5) is 3.94. The Morgan fingerprint density at radius 3 is 2.53 bits per heavy atom. The zero-order chi connectivity index (χ0) is 11.0. The molecular formula is C8H12N6O. The molecule has 0 aromatic carbocycles. The lowest BCUT2D eigenvalue weighted by molar-refractivity contribution is 0.399. The first kappa shape index (κ1) is 9.50. The highest BCUT2D eigenvalue weighted by Crippen LogP contribution is 2.26. The summed E-state index contributed by atoms with van der Waals surface area (Å²) in [6, 6.07) is 0.257. The van der Waals surface area contributed by atoms with Gasteiger partial charge < -0.3 is 10.5 Å². The third kappa shape index (κ3) is 1.63. The van der Waals surface area contributed by atoms with Gasteiger partial charge in [0.15, 0.2) is 0 Å². The van der Waals surface area contributed by atoms with Crippen molar-refractivity contribution >= 4 is 5.69 Å². The standard InChI is InChI=1S/C8H12N6O/c1-5-6(9)7(14(3)11-5)15-8-10-4-13(2)12-8/h4H,9H2,1-3H3. The Balaban J connectivity index is 2.31. The van der Waals surface area contributed by atoms with Crippen LogP contribution in [-0.4, -0.2) is 24.5 Å². The molecule has 2 aromatic rings. The van der Waals surface area contributed by atoms with Gasteiger partial charge in [-0.1, -0.05) is 0 Å². The molecule has 0 amide bonds. The van der Waals surface area contributed by atoms with Crippen LogP contribution >= 0.6 is 0 Å². The van der Waals surface area contributed by atoms with Gasteiger partial charge in [-0.25, -0.2) is 4.68 Å². The van der Waals surface area contributed by atoms with Gasteiger partial charge in [-0.15, -0.1) is 5.10 Å². The van der Waals surface area contributed by atoms with Gasteiger partial charge in [0.2, 0.25) is 5.88 Å². The van der Waals surface area contributed by atoms with Gasteiger partial charge >= 0.3 is 6.01 Å². The fraction of sp³-hybridized carbons (Fsp3) is 0.375. The minimum atomic E-state index is 0.257. The summed E-state index contributed by atoms with van der Waals surface area (Å²) >= 11 is 0. The van der Waals surface area contributed by atoms with Crippen LogP contribution in [0.5, 0.6) is 11.9 Å². The Bertz CT molecular complexity index is 485. The molecule has 7 nitrogen and oxygen atoms in total. The van der Waals surface area contributed by atoms with E-state index in [1.807, 2.05) is 6.92 Å². The summed E-state index contributed by atoms with van der Waals surface area (Å²) < 4.78 is 8.52. The number of aryl methyl sites for hydroxylation is 3. The molecule has 2 aromatic heterocycles. The summed E-state index contributed by atoms with van der Waals surface area (Å²) in [6.07, 6.45) is 1.55. The molecule has 0 aliphatic rings. The predicted molar refractivity (Wildman–Crippen MR) is 53.4 cm³/mol. The number of anilines is 1. The zero-order valence-electron chi connectivity index (χ0n) is 8.80. The van der Waals surface area contributed by atoms with Crippen molar-refractivity contribution in [3.05, 3.63) is 12.0 Å². The van der Waals surface area contributed by atoms with E-state index in [0.717, 1.165) is 5.69 Å². The lowest BCUT2D eigenvalue weighted by Crippen LogP contribution is -1.98. The second kappa shape index (κ2) is 3.26. The molecule has 2 N–H and O–H groups in total. The van der Waals surface area contributed by atoms with Crippen molar-refractivity contribution in [1.29, 1.82) is 0 Å². The smallest absolute Gasteiger partial charge is 0.342 e. The third-order valence-electron chi connectivity index (χ3n) is 1.98. The Morgan fingerprint density at radius 1 is 1.33 bits per heavy atom. The molecule has 0 bridgehead atoms. The molecule has 0 aliphatic heterocycles. The van der Waals surface area contributed by atoms with Crippen LogP contribution < -0.4 is 10.5 Å². The summed E-state index contributed by atoms with van der Waals surface area (Å²) in [5.41, 5.74) is 7.02. The molecule has 2 heterocycles. The van der Waals surface area contributed by atoms with E-state index in [2.05, 4.69) is 15.2 Å². The van der Waals surface area contributed by atoms with Crippen LogP contribution in [0.3, 0.4) is 0 Å². The number of hydrogen-bond acceptors (Lipinski definition) is 5. The Labute approximate surface area is 86.5 Å². The summed E-state index contributed by atoms with van der Waals surface area (Å²) in [7, 11) is 3.51. The first-order valence-corrected chi connectivity index (χ1v) is 4.40. The number of rotatable bonds is 2. The number of nitrogens with zero attached hydrogens (tertiary/aromatic N) is 5. The highest BCUT2D eigenvalue weighted by Gasteiger charge is 2.13. The maximum absolute atomic E-state index is 5.79. The average Bonchev–Trinajstić information content (AvgIpc) is 2.67. The summed E-state index contributed by atoms with van der Waals surface area (Å²) in [6.45, 7) is 1.81. The quantitative estimate of drug-likeness (QED) is 0.763. The van der Waals surface area contributed by atoms with Crippen molar-refractivity contribution < 1.29 is 4.74 Å². The maximum atomic E-state index is 5.79. The van der Waals surface area contributed by atoms with Gasteiger partial charge in [-0.05, 0) is 6.92 Å². The number of nitrogens with two attached hydrogens (primary N) is 1. The zero-order valence-corrected chi connectivity index (χ0v) is 8.80. The molecule has 0 unspecified atom stereocenters. The number of nitrogen functional groups attached to an aromatic ring is 1. The first-order valence-electron chi connectivity index (χ1n) is 4.40. The molecule has 7 heteroatoms. The Morgan fingerprint density at radius 2 is 2.07 bits per heavy atom. The molecule has 0 radical (unpaired) electrons. The van der Waals surface area contributed by atoms with E-state index in [1.54, 1.807) is 29.8 Å². The Kier molecular flexibility index (Phi) is 2.07. The van der Waals surface area contributed by atoms with Crippen LogP contribution in [0.1, 0.15) is 5.69 Å². The number of aromatic nitrogens is 5. The minimum absolute atomic E-state index is 0.257. The molecular weight excluding hydrogens is 196 g/mol. The van der Waals surface area contributed by atoms with Crippen molar-refractivity contribution in [1.82, 2.24) is 24.5 Å². The van der Waals surface area contributed by atoms with Crippen LogP contribution in [0.2, 0.25) is 0 Å². The van der Waals surface area contributed by atoms with Crippen LogP contribution in [0.25, 0.3) is 0 Å². The van der Waals surface area contributed by atoms with Crippen molar-refractivity contribution in [2.24, 2.45) is 14.1 Å². The second-order valence-electron chi connectivity index (χ2n) is 3.23. The lowest BCUT2D eigenvalue weighted by Gasteiger charge is -2.01. The van der Waals surface area contributed by atoms with Gasteiger partial charge in [0.25, 0.3) is 0 Å². The van der Waals surface area contributed by atoms with Gasteiger partial charge in [-0.2, -0.15) is 10.1 Å². The molecule has 0 aliphatic carbocycles. The van der Waals surface area contributed by atoms with Crippen LogP contribution in [0, 0.1) is 6.92 Å². The van der Waals surface area contributed by atoms with E-state index < -0.39 is 0 Å². The molecule has 0 spiro atoms. The fourth-order valence-corrected chi connectivity index (χ4v) is 1.23. The summed E-state index contributed by atoms with van der Waals surface area (Å²) in [5.74, 6) is 0.457. The highest BCUT2D eigenvalue weighted by molar-refractivity contribution is 5.53. The molecule has 0 saturated heterocycles. The highest BCUT2D eigenvalue weighted by atomic mass is 16.5. The van der Waals surface area contributed by atoms with Crippen molar-refractivity contribution in [3.8, 4) is 11.9 Å². The minimum Gasteiger partial charge on any atom is -0.402 e. The van der Waals surface area contributed by atoms with E-state index in [4.69, 9.17) is 10.5 Å². The van der Waals surface area contributed by atoms with E-state index in [9.17, 15) is 0 Å². The summed E-state index contributed by atoms with van der Waals surface area (Å²) in [5, 5.41) is 8.10. The van der Waals surface area contributed by atoms with Gasteiger partial charge in [0.05, 0.1) is 5.69 Å². The number of ether oxygens (including phenoxy) is 1. The third-order valence-corrected chi connectivity index (χ3v) is 1.98. The van der Waals surface area contributed by atoms with Gasteiger partial charge in [0, 0.05) is 14.1 Å². The largest absolute Gasteiger partial charge is 0.402 e. The number of hydrogen-bond donors (Lipinski definition) is 1. The van der Waals surface area contributed by atoms with Crippen LogP contribution in [0.15, 0.2) is 6.33 Å². The van der Waals surface area contributed by atoms with E-state index in [0.29, 0.717) is 11.6 Å². The Hall–Kier alpha value is -2.05. The lowest BCUT2D eigenvalue weighted by atomic mass is 10.4. The van der Waals surface area contributed by atoms with Gasteiger partial charge in [-0.3, -0.25) is 4.68 Å². The van der Waals surface area contributed by atoms with Crippen molar-refractivity contribution in [3.63, 3.8) is 0 Å². The normalized spacial score (nSPS) is 10.6. The topological polar surface area (TPSA) is 83.8 Å². The van der Waals surface area contributed by atoms with Crippen LogP contribution in [0.4, 0.5) is 5.69 Å². The monoisotopic (exact) mass is 208 g/mol. The van der Waals surface area contributed by atoms with Gasteiger partial charge in [0.1, 0.15) is 12.0 Å². The second-order valence-corrected chi connectivity index (χ2v) is 3.23. The molecule has 0 atom stereocenters.